The van der Waals surface area contributed by atoms with Gasteiger partial charge in [-0.1, -0.05) is 6.07 Å². The molecule has 0 saturated carbocycles. The fourth-order valence-corrected chi connectivity index (χ4v) is 3.99. The molecule has 3 heterocycles. The van der Waals surface area contributed by atoms with Crippen LogP contribution in [-0.4, -0.2) is 31.1 Å². The Bertz CT molecular complexity index is 1260. The standard InChI is InChI=1S/C23H21N7/c1-3-28-15-19(14-25-28)18-6-9-21-22(12-18)29(20-7-4-17(13-24)5-8-20)11-10-23-27-26-16(2)30(21)23/h4-9,12,14-15H,3,10-11H2,1-2H3. The van der Waals surface area contributed by atoms with Crippen molar-refractivity contribution in [3.63, 3.8) is 0 Å². The summed E-state index contributed by atoms with van der Waals surface area (Å²) in [6.45, 7) is 5.67. The molecule has 0 bridgehead atoms. The third-order valence-electron chi connectivity index (χ3n) is 5.56. The van der Waals surface area contributed by atoms with Crippen molar-refractivity contribution in [3.05, 3.63) is 72.1 Å². The molecule has 0 atom stereocenters. The first-order valence-electron chi connectivity index (χ1n) is 10.0. The van der Waals surface area contributed by atoms with E-state index in [2.05, 4.69) is 62.2 Å². The van der Waals surface area contributed by atoms with Gasteiger partial charge >= 0.3 is 0 Å². The number of hydrogen-bond donors (Lipinski definition) is 0. The van der Waals surface area contributed by atoms with E-state index >= 15 is 0 Å². The van der Waals surface area contributed by atoms with Crippen molar-refractivity contribution in [1.29, 1.82) is 5.26 Å². The number of benzene rings is 2. The zero-order chi connectivity index (χ0) is 20.7. The maximum absolute atomic E-state index is 9.16. The molecular formula is C23H21N7. The molecule has 0 aliphatic carbocycles. The Balaban J connectivity index is 1.68. The number of aromatic nitrogens is 5. The van der Waals surface area contributed by atoms with Crippen molar-refractivity contribution >= 4 is 11.4 Å². The van der Waals surface area contributed by atoms with Crippen LogP contribution in [0, 0.1) is 18.3 Å². The van der Waals surface area contributed by atoms with Gasteiger partial charge in [-0.15, -0.1) is 10.2 Å². The van der Waals surface area contributed by atoms with Gasteiger partial charge in [0.05, 0.1) is 29.2 Å². The van der Waals surface area contributed by atoms with Crippen molar-refractivity contribution in [1.82, 2.24) is 24.5 Å². The molecule has 5 rings (SSSR count). The Labute approximate surface area is 174 Å². The molecule has 7 heteroatoms. The molecular weight excluding hydrogens is 374 g/mol. The van der Waals surface area contributed by atoms with Crippen LogP contribution in [0.2, 0.25) is 0 Å². The highest BCUT2D eigenvalue weighted by molar-refractivity contribution is 5.79. The van der Waals surface area contributed by atoms with Gasteiger partial charge in [-0.2, -0.15) is 10.4 Å². The zero-order valence-corrected chi connectivity index (χ0v) is 16.9. The first-order valence-corrected chi connectivity index (χ1v) is 10.0. The van der Waals surface area contributed by atoms with Crippen molar-refractivity contribution in [3.8, 4) is 22.9 Å². The molecule has 4 aromatic rings. The van der Waals surface area contributed by atoms with E-state index in [4.69, 9.17) is 5.26 Å². The minimum absolute atomic E-state index is 0.655. The Morgan fingerprint density at radius 1 is 1.03 bits per heavy atom. The second-order valence-electron chi connectivity index (χ2n) is 7.35. The van der Waals surface area contributed by atoms with Crippen molar-refractivity contribution in [2.45, 2.75) is 26.8 Å². The average molecular weight is 395 g/mol. The summed E-state index contributed by atoms with van der Waals surface area (Å²) in [5.74, 6) is 1.83. The van der Waals surface area contributed by atoms with Crippen LogP contribution in [0.4, 0.5) is 11.4 Å². The van der Waals surface area contributed by atoms with Gasteiger partial charge in [-0.05, 0) is 55.8 Å². The summed E-state index contributed by atoms with van der Waals surface area (Å²) in [6.07, 6.45) is 4.75. The lowest BCUT2D eigenvalue weighted by atomic mass is 10.1. The first kappa shape index (κ1) is 18.1. The number of aryl methyl sites for hydroxylation is 2. The summed E-state index contributed by atoms with van der Waals surface area (Å²) in [4.78, 5) is 2.29. The van der Waals surface area contributed by atoms with Gasteiger partial charge < -0.3 is 4.90 Å². The highest BCUT2D eigenvalue weighted by Crippen LogP contribution is 2.37. The first-order chi connectivity index (χ1) is 14.7. The summed E-state index contributed by atoms with van der Waals surface area (Å²) in [5, 5.41) is 22.3. The predicted molar refractivity (Wildman–Crippen MR) is 115 cm³/mol. The van der Waals surface area contributed by atoms with E-state index in [9.17, 15) is 0 Å². The third-order valence-corrected chi connectivity index (χ3v) is 5.56. The number of nitriles is 1. The van der Waals surface area contributed by atoms with Crippen LogP contribution in [0.25, 0.3) is 16.8 Å². The van der Waals surface area contributed by atoms with Gasteiger partial charge in [0.1, 0.15) is 11.6 Å². The van der Waals surface area contributed by atoms with Crippen LogP contribution < -0.4 is 4.90 Å². The van der Waals surface area contributed by atoms with E-state index in [0.717, 1.165) is 59.3 Å². The quantitative estimate of drug-likeness (QED) is 0.524. The van der Waals surface area contributed by atoms with Crippen molar-refractivity contribution in [2.24, 2.45) is 0 Å². The number of fused-ring (bicyclic) bond motifs is 3. The van der Waals surface area contributed by atoms with Gasteiger partial charge in [-0.3, -0.25) is 9.25 Å². The molecule has 148 valence electrons. The molecule has 7 nitrogen and oxygen atoms in total. The fourth-order valence-electron chi connectivity index (χ4n) is 3.99. The molecule has 0 saturated heterocycles. The monoisotopic (exact) mass is 395 g/mol. The van der Waals surface area contributed by atoms with Crippen molar-refractivity contribution in [2.75, 3.05) is 11.4 Å². The normalized spacial score (nSPS) is 12.8. The van der Waals surface area contributed by atoms with Gasteiger partial charge in [0.25, 0.3) is 0 Å². The van der Waals surface area contributed by atoms with E-state index in [-0.39, 0.29) is 0 Å². The Kier molecular flexibility index (Phi) is 4.32. The molecule has 1 aliphatic heterocycles. The molecule has 0 amide bonds. The van der Waals surface area contributed by atoms with Crippen LogP contribution in [0.15, 0.2) is 54.9 Å². The maximum atomic E-state index is 9.16. The van der Waals surface area contributed by atoms with E-state index in [1.54, 1.807) is 0 Å². The summed E-state index contributed by atoms with van der Waals surface area (Å²) in [5.41, 5.74) is 6.05. The summed E-state index contributed by atoms with van der Waals surface area (Å²) in [6, 6.07) is 16.4. The minimum atomic E-state index is 0.655. The van der Waals surface area contributed by atoms with Crippen LogP contribution in [0.1, 0.15) is 24.1 Å². The number of nitrogens with zero attached hydrogens (tertiary/aromatic N) is 7. The topological polar surface area (TPSA) is 75.6 Å². The molecule has 0 N–H and O–H groups in total. The Morgan fingerprint density at radius 2 is 1.87 bits per heavy atom. The van der Waals surface area contributed by atoms with Gasteiger partial charge in [0.15, 0.2) is 0 Å². The molecule has 0 fully saturated rings. The molecule has 2 aromatic heterocycles. The largest absolute Gasteiger partial charge is 0.339 e. The van der Waals surface area contributed by atoms with Gasteiger partial charge in [-0.25, -0.2) is 0 Å². The lowest BCUT2D eigenvalue weighted by Crippen LogP contribution is -2.19. The van der Waals surface area contributed by atoms with E-state index < -0.39 is 0 Å². The van der Waals surface area contributed by atoms with Crippen LogP contribution in [0.5, 0.6) is 0 Å². The number of rotatable bonds is 3. The van der Waals surface area contributed by atoms with Crippen LogP contribution in [0.3, 0.4) is 0 Å². The second kappa shape index (κ2) is 7.16. The Hall–Kier alpha value is -3.92. The third kappa shape index (κ3) is 2.94. The maximum Gasteiger partial charge on any atom is 0.139 e. The van der Waals surface area contributed by atoms with Crippen LogP contribution >= 0.6 is 0 Å². The molecule has 0 radical (unpaired) electrons. The fraction of sp³-hybridized carbons (Fsp3) is 0.217. The lowest BCUT2D eigenvalue weighted by Gasteiger charge is -2.25. The molecule has 30 heavy (non-hydrogen) atoms. The zero-order valence-electron chi connectivity index (χ0n) is 16.9. The molecule has 1 aliphatic rings. The van der Waals surface area contributed by atoms with Gasteiger partial charge in [0.2, 0.25) is 0 Å². The second-order valence-corrected chi connectivity index (χ2v) is 7.35. The molecule has 2 aromatic carbocycles. The van der Waals surface area contributed by atoms with Crippen molar-refractivity contribution < 1.29 is 0 Å². The highest BCUT2D eigenvalue weighted by atomic mass is 15.3. The molecule has 0 spiro atoms. The lowest BCUT2D eigenvalue weighted by molar-refractivity contribution is 0.660. The van der Waals surface area contributed by atoms with E-state index in [1.807, 2.05) is 42.1 Å². The molecule has 0 unspecified atom stereocenters. The summed E-state index contributed by atoms with van der Waals surface area (Å²) < 4.78 is 4.07. The minimum Gasteiger partial charge on any atom is -0.339 e. The number of hydrogen-bond acceptors (Lipinski definition) is 5. The summed E-state index contributed by atoms with van der Waals surface area (Å²) in [7, 11) is 0. The summed E-state index contributed by atoms with van der Waals surface area (Å²) >= 11 is 0. The predicted octanol–water partition coefficient (Wildman–Crippen LogP) is 4.03. The smallest absolute Gasteiger partial charge is 0.139 e. The highest BCUT2D eigenvalue weighted by Gasteiger charge is 2.24. The van der Waals surface area contributed by atoms with Gasteiger partial charge in [0, 0.05) is 37.0 Å². The van der Waals surface area contributed by atoms with Crippen LogP contribution in [-0.2, 0) is 13.0 Å². The Morgan fingerprint density at radius 3 is 2.60 bits per heavy atom. The SMILES string of the molecule is CCn1cc(-c2ccc3c(c2)N(c2ccc(C#N)cc2)CCc2nnc(C)n2-3)cn1. The van der Waals surface area contributed by atoms with E-state index in [1.165, 1.54) is 0 Å². The number of anilines is 2. The van der Waals surface area contributed by atoms with E-state index in [0.29, 0.717) is 5.56 Å². The average Bonchev–Trinajstić information content (AvgIpc) is 3.37.